The Labute approximate surface area is 79.6 Å². The fraction of sp³-hybridized carbons (Fsp3) is 0.200. The molecule has 0 unspecified atom stereocenters. The lowest BCUT2D eigenvalue weighted by Crippen LogP contribution is -2.21. The zero-order chi connectivity index (χ0) is 10.1. The van der Waals surface area contributed by atoms with Gasteiger partial charge in [-0.3, -0.25) is 9.78 Å². The van der Waals surface area contributed by atoms with E-state index in [2.05, 4.69) is 9.97 Å². The Morgan fingerprint density at radius 3 is 2.71 bits per heavy atom. The largest absolute Gasteiger partial charge is 0.326 e. The van der Waals surface area contributed by atoms with Crippen LogP contribution in [0.3, 0.4) is 0 Å². The third-order valence-corrected chi connectivity index (χ3v) is 2.21. The number of hydrogen-bond donors (Lipinski definition) is 2. The quantitative estimate of drug-likeness (QED) is 0.697. The van der Waals surface area contributed by atoms with Crippen molar-refractivity contribution in [2.75, 3.05) is 0 Å². The maximum absolute atomic E-state index is 11.4. The van der Waals surface area contributed by atoms with Crippen LogP contribution in [0.4, 0.5) is 0 Å². The molecule has 14 heavy (non-hydrogen) atoms. The number of aromatic nitrogens is 2. The highest BCUT2D eigenvalue weighted by Gasteiger charge is 2.00. The van der Waals surface area contributed by atoms with E-state index in [-0.39, 0.29) is 5.56 Å². The van der Waals surface area contributed by atoms with Crippen molar-refractivity contribution in [1.82, 2.24) is 9.97 Å². The lowest BCUT2D eigenvalue weighted by molar-refractivity contribution is 1.07. The minimum absolute atomic E-state index is 0.334. The van der Waals surface area contributed by atoms with E-state index >= 15 is 0 Å². The van der Waals surface area contributed by atoms with Crippen molar-refractivity contribution >= 4 is 10.9 Å². The second kappa shape index (κ2) is 3.14. The summed E-state index contributed by atoms with van der Waals surface area (Å²) in [6.07, 6.45) is 0.870. The Morgan fingerprint density at radius 2 is 2.00 bits per heavy atom. The summed E-state index contributed by atoms with van der Waals surface area (Å²) in [5, 5.41) is 0.531. The van der Waals surface area contributed by atoms with Crippen LogP contribution in [-0.4, -0.2) is 9.97 Å². The first-order valence-electron chi connectivity index (χ1n) is 4.46. The van der Waals surface area contributed by atoms with Gasteiger partial charge in [-0.15, -0.1) is 0 Å². The molecule has 1 aromatic carbocycles. The van der Waals surface area contributed by atoms with E-state index < -0.39 is 5.69 Å². The molecule has 72 valence electrons. The molecule has 1 heterocycles. The molecule has 0 saturated heterocycles. The fourth-order valence-corrected chi connectivity index (χ4v) is 1.43. The average Bonchev–Trinajstić information content (AvgIpc) is 2.17. The number of rotatable bonds is 1. The van der Waals surface area contributed by atoms with E-state index in [4.69, 9.17) is 0 Å². The SMILES string of the molecule is CCc1ccc2[nH]c(=O)[nH]c(=O)c2c1. The van der Waals surface area contributed by atoms with Crippen molar-refractivity contribution in [1.29, 1.82) is 0 Å². The van der Waals surface area contributed by atoms with E-state index in [0.29, 0.717) is 10.9 Å². The highest BCUT2D eigenvalue weighted by atomic mass is 16.2. The number of nitrogens with one attached hydrogen (secondary N) is 2. The maximum Gasteiger partial charge on any atom is 0.326 e. The van der Waals surface area contributed by atoms with Gasteiger partial charge >= 0.3 is 5.69 Å². The summed E-state index contributed by atoms with van der Waals surface area (Å²) in [4.78, 5) is 27.1. The van der Waals surface area contributed by atoms with E-state index in [1.165, 1.54) is 0 Å². The van der Waals surface area contributed by atoms with Crippen LogP contribution in [0.2, 0.25) is 0 Å². The Hall–Kier alpha value is -1.84. The molecule has 4 nitrogen and oxygen atoms in total. The van der Waals surface area contributed by atoms with Crippen LogP contribution in [0, 0.1) is 0 Å². The van der Waals surface area contributed by atoms with Gasteiger partial charge < -0.3 is 4.98 Å². The molecule has 0 aliphatic rings. The van der Waals surface area contributed by atoms with Gasteiger partial charge in [-0.1, -0.05) is 13.0 Å². The average molecular weight is 190 g/mol. The molecule has 0 bridgehead atoms. The number of aromatic amines is 2. The molecular formula is C10H10N2O2. The first kappa shape index (κ1) is 8.74. The molecule has 0 atom stereocenters. The van der Waals surface area contributed by atoms with Gasteiger partial charge in [-0.2, -0.15) is 0 Å². The number of H-pyrrole nitrogens is 2. The Balaban J connectivity index is 2.89. The maximum atomic E-state index is 11.4. The molecule has 0 amide bonds. The van der Waals surface area contributed by atoms with Gasteiger partial charge in [0.15, 0.2) is 0 Å². The Kier molecular flexibility index (Phi) is 1.96. The van der Waals surface area contributed by atoms with Crippen molar-refractivity contribution in [3.05, 3.63) is 44.6 Å². The third-order valence-electron chi connectivity index (χ3n) is 2.21. The fourth-order valence-electron chi connectivity index (χ4n) is 1.43. The van der Waals surface area contributed by atoms with Crippen LogP contribution >= 0.6 is 0 Å². The van der Waals surface area contributed by atoms with E-state index in [1.54, 1.807) is 12.1 Å². The number of hydrogen-bond acceptors (Lipinski definition) is 2. The van der Waals surface area contributed by atoms with Crippen LogP contribution < -0.4 is 11.2 Å². The number of aryl methyl sites for hydroxylation is 1. The molecule has 0 aliphatic carbocycles. The third kappa shape index (κ3) is 1.35. The van der Waals surface area contributed by atoms with Crippen molar-refractivity contribution in [3.8, 4) is 0 Å². The standard InChI is InChI=1S/C10H10N2O2/c1-2-6-3-4-8-7(5-6)9(13)12-10(14)11-8/h3-5H,2H2,1H3,(H2,11,12,13,14). The molecule has 4 heteroatoms. The van der Waals surface area contributed by atoms with Crippen LogP contribution in [-0.2, 0) is 6.42 Å². The Bertz CT molecular complexity index is 580. The summed E-state index contributed by atoms with van der Waals surface area (Å²) in [5.74, 6) is 0. The predicted molar refractivity (Wildman–Crippen MR) is 54.6 cm³/mol. The first-order valence-corrected chi connectivity index (χ1v) is 4.46. The van der Waals surface area contributed by atoms with E-state index in [0.717, 1.165) is 12.0 Å². The minimum atomic E-state index is -0.466. The van der Waals surface area contributed by atoms with Crippen LogP contribution in [0.1, 0.15) is 12.5 Å². The van der Waals surface area contributed by atoms with Gasteiger partial charge in [-0.25, -0.2) is 4.79 Å². The molecule has 2 N–H and O–H groups in total. The van der Waals surface area contributed by atoms with E-state index in [9.17, 15) is 9.59 Å². The highest BCUT2D eigenvalue weighted by molar-refractivity contribution is 5.77. The van der Waals surface area contributed by atoms with Crippen molar-refractivity contribution in [3.63, 3.8) is 0 Å². The van der Waals surface area contributed by atoms with E-state index in [1.807, 2.05) is 13.0 Å². The molecule has 2 aromatic rings. The Morgan fingerprint density at radius 1 is 1.21 bits per heavy atom. The lowest BCUT2D eigenvalue weighted by Gasteiger charge is -1.99. The van der Waals surface area contributed by atoms with Crippen LogP contribution in [0.5, 0.6) is 0 Å². The summed E-state index contributed by atoms with van der Waals surface area (Å²) in [5.41, 5.74) is 0.858. The molecular weight excluding hydrogens is 180 g/mol. The number of benzene rings is 1. The molecule has 0 saturated carbocycles. The zero-order valence-corrected chi connectivity index (χ0v) is 7.76. The topological polar surface area (TPSA) is 65.7 Å². The first-order chi connectivity index (χ1) is 6.70. The highest BCUT2D eigenvalue weighted by Crippen LogP contribution is 2.08. The minimum Gasteiger partial charge on any atom is -0.307 e. The predicted octanol–water partition coefficient (Wildman–Crippen LogP) is 0.779. The normalized spacial score (nSPS) is 10.6. The van der Waals surface area contributed by atoms with Crippen molar-refractivity contribution < 1.29 is 0 Å². The zero-order valence-electron chi connectivity index (χ0n) is 7.76. The molecule has 1 aromatic heterocycles. The van der Waals surface area contributed by atoms with Gasteiger partial charge in [0, 0.05) is 0 Å². The lowest BCUT2D eigenvalue weighted by atomic mass is 10.1. The van der Waals surface area contributed by atoms with Gasteiger partial charge in [0.1, 0.15) is 0 Å². The summed E-state index contributed by atoms with van der Waals surface area (Å²) < 4.78 is 0. The van der Waals surface area contributed by atoms with Gasteiger partial charge in [0.25, 0.3) is 5.56 Å². The van der Waals surface area contributed by atoms with Crippen LogP contribution in [0.15, 0.2) is 27.8 Å². The smallest absolute Gasteiger partial charge is 0.307 e. The molecule has 0 fully saturated rings. The summed E-state index contributed by atoms with van der Waals surface area (Å²) in [6, 6.07) is 5.45. The monoisotopic (exact) mass is 190 g/mol. The second-order valence-corrected chi connectivity index (χ2v) is 3.14. The number of fused-ring (bicyclic) bond motifs is 1. The van der Waals surface area contributed by atoms with Gasteiger partial charge in [0.05, 0.1) is 10.9 Å². The molecule has 0 spiro atoms. The molecule has 0 radical (unpaired) electrons. The summed E-state index contributed by atoms with van der Waals surface area (Å²) in [7, 11) is 0. The summed E-state index contributed by atoms with van der Waals surface area (Å²) in [6.45, 7) is 2.01. The molecule has 2 rings (SSSR count). The van der Waals surface area contributed by atoms with Crippen molar-refractivity contribution in [2.24, 2.45) is 0 Å². The molecule has 0 aliphatic heterocycles. The second-order valence-electron chi connectivity index (χ2n) is 3.14. The van der Waals surface area contributed by atoms with Gasteiger partial charge in [0.2, 0.25) is 0 Å². The van der Waals surface area contributed by atoms with Crippen molar-refractivity contribution in [2.45, 2.75) is 13.3 Å². The van der Waals surface area contributed by atoms with Gasteiger partial charge in [-0.05, 0) is 24.1 Å². The van der Waals surface area contributed by atoms with Crippen LogP contribution in [0.25, 0.3) is 10.9 Å². The summed E-state index contributed by atoms with van der Waals surface area (Å²) >= 11 is 0.